The molecular weight excluding hydrogens is 274 g/mol. The van der Waals surface area contributed by atoms with Crippen LogP contribution in [0.4, 0.5) is 0 Å². The Balaban J connectivity index is 1.97. The zero-order chi connectivity index (χ0) is 15.0. The van der Waals surface area contributed by atoms with Crippen LogP contribution in [-0.4, -0.2) is 27.3 Å². The lowest BCUT2D eigenvalue weighted by Gasteiger charge is -1.96. The summed E-state index contributed by atoms with van der Waals surface area (Å²) in [5.41, 5.74) is 0.951. The van der Waals surface area contributed by atoms with Crippen LogP contribution >= 0.6 is 0 Å². The molecular formula is C14H13N3O4. The summed E-state index contributed by atoms with van der Waals surface area (Å²) in [7, 11) is 1.29. The molecule has 0 aliphatic heterocycles. The molecule has 0 atom stereocenters. The van der Waals surface area contributed by atoms with Crippen LogP contribution in [0.3, 0.4) is 0 Å². The van der Waals surface area contributed by atoms with E-state index in [1.807, 2.05) is 0 Å². The Hall–Kier alpha value is -2.83. The van der Waals surface area contributed by atoms with Crippen LogP contribution < -0.4 is 5.69 Å². The molecule has 3 aromatic heterocycles. The number of esters is 1. The van der Waals surface area contributed by atoms with Crippen LogP contribution in [0.25, 0.3) is 5.65 Å². The number of methoxy groups -OCH3 is 1. The molecule has 0 spiro atoms. The molecule has 0 saturated heterocycles. The second kappa shape index (κ2) is 4.93. The minimum atomic E-state index is -0.541. The van der Waals surface area contributed by atoms with Crippen molar-refractivity contribution in [2.45, 2.75) is 13.5 Å². The van der Waals surface area contributed by atoms with Gasteiger partial charge in [-0.15, -0.1) is 5.10 Å². The molecule has 0 amide bonds. The van der Waals surface area contributed by atoms with Crippen molar-refractivity contribution < 1.29 is 13.9 Å². The largest absolute Gasteiger partial charge is 0.463 e. The van der Waals surface area contributed by atoms with Gasteiger partial charge in [-0.1, -0.05) is 6.07 Å². The summed E-state index contributed by atoms with van der Waals surface area (Å²) in [5, 5.41) is 4.20. The van der Waals surface area contributed by atoms with Crippen molar-refractivity contribution in [2.24, 2.45) is 0 Å². The zero-order valence-electron chi connectivity index (χ0n) is 11.6. The van der Waals surface area contributed by atoms with E-state index in [2.05, 4.69) is 9.84 Å². The first kappa shape index (κ1) is 13.2. The molecule has 0 bridgehead atoms. The van der Waals surface area contributed by atoms with Crippen LogP contribution in [0.5, 0.6) is 0 Å². The predicted octanol–water partition coefficient (Wildman–Crippen LogP) is 1.23. The highest BCUT2D eigenvalue weighted by Gasteiger charge is 2.17. The van der Waals surface area contributed by atoms with E-state index in [4.69, 9.17) is 4.42 Å². The Bertz CT molecular complexity index is 872. The molecule has 0 fully saturated rings. The molecule has 0 unspecified atom stereocenters. The SMILES string of the molecule is COC(=O)c1oc(Cn2nc3ccccn3c2=O)cc1C. The first-order chi connectivity index (χ1) is 10.1. The first-order valence-corrected chi connectivity index (χ1v) is 6.32. The number of carbonyl (C=O) groups is 1. The molecule has 0 aliphatic carbocycles. The number of aromatic nitrogens is 3. The maximum absolute atomic E-state index is 12.1. The van der Waals surface area contributed by atoms with Crippen molar-refractivity contribution in [1.29, 1.82) is 0 Å². The summed E-state index contributed by atoms with van der Waals surface area (Å²) in [6, 6.07) is 7.00. The van der Waals surface area contributed by atoms with Crippen LogP contribution in [0, 0.1) is 6.92 Å². The number of hydrogen-bond acceptors (Lipinski definition) is 5. The van der Waals surface area contributed by atoms with Crippen molar-refractivity contribution in [3.05, 3.63) is 58.0 Å². The van der Waals surface area contributed by atoms with Gasteiger partial charge in [-0.05, 0) is 25.1 Å². The van der Waals surface area contributed by atoms with Crippen molar-refractivity contribution in [1.82, 2.24) is 14.2 Å². The number of rotatable bonds is 3. The molecule has 3 aromatic rings. The fourth-order valence-corrected chi connectivity index (χ4v) is 2.14. The molecule has 0 aliphatic rings. The van der Waals surface area contributed by atoms with Gasteiger partial charge in [0.2, 0.25) is 5.76 Å². The zero-order valence-corrected chi connectivity index (χ0v) is 11.6. The van der Waals surface area contributed by atoms with Crippen molar-refractivity contribution in [3.8, 4) is 0 Å². The molecule has 3 rings (SSSR count). The van der Waals surface area contributed by atoms with Gasteiger partial charge in [0.05, 0.1) is 7.11 Å². The summed E-state index contributed by atoms with van der Waals surface area (Å²) in [4.78, 5) is 23.6. The van der Waals surface area contributed by atoms with E-state index in [-0.39, 0.29) is 18.0 Å². The Morgan fingerprint density at radius 3 is 2.95 bits per heavy atom. The summed E-state index contributed by atoms with van der Waals surface area (Å²) in [6.07, 6.45) is 1.65. The number of pyridine rings is 1. The van der Waals surface area contributed by atoms with E-state index in [1.54, 1.807) is 37.4 Å². The molecule has 3 heterocycles. The van der Waals surface area contributed by atoms with Crippen LogP contribution in [0.1, 0.15) is 21.9 Å². The second-order valence-corrected chi connectivity index (χ2v) is 4.59. The van der Waals surface area contributed by atoms with Gasteiger partial charge in [0.15, 0.2) is 5.65 Å². The van der Waals surface area contributed by atoms with E-state index in [0.29, 0.717) is 17.0 Å². The molecule has 0 saturated carbocycles. The Kier molecular flexibility index (Phi) is 3.09. The number of nitrogens with zero attached hydrogens (tertiary/aromatic N) is 3. The normalized spacial score (nSPS) is 11.0. The highest BCUT2D eigenvalue weighted by molar-refractivity contribution is 5.87. The molecule has 7 nitrogen and oxygen atoms in total. The maximum atomic E-state index is 12.1. The lowest BCUT2D eigenvalue weighted by molar-refractivity contribution is 0.0561. The van der Waals surface area contributed by atoms with E-state index in [1.165, 1.54) is 16.2 Å². The van der Waals surface area contributed by atoms with Gasteiger partial charge in [0.25, 0.3) is 0 Å². The standard InChI is InChI=1S/C14H13N3O4/c1-9-7-10(21-12(9)13(18)20-2)8-17-14(19)16-6-4-3-5-11(16)15-17/h3-7H,8H2,1-2H3. The lowest BCUT2D eigenvalue weighted by Crippen LogP contribution is -2.21. The van der Waals surface area contributed by atoms with Gasteiger partial charge in [0.1, 0.15) is 12.3 Å². The molecule has 7 heteroatoms. The molecule has 108 valence electrons. The van der Waals surface area contributed by atoms with Gasteiger partial charge in [-0.25, -0.2) is 14.3 Å². The van der Waals surface area contributed by atoms with E-state index >= 15 is 0 Å². The molecule has 0 aromatic carbocycles. The van der Waals surface area contributed by atoms with Crippen LogP contribution in [-0.2, 0) is 11.3 Å². The van der Waals surface area contributed by atoms with E-state index in [9.17, 15) is 9.59 Å². The second-order valence-electron chi connectivity index (χ2n) is 4.59. The van der Waals surface area contributed by atoms with E-state index in [0.717, 1.165) is 0 Å². The third-order valence-corrected chi connectivity index (χ3v) is 3.13. The number of furan rings is 1. The van der Waals surface area contributed by atoms with Crippen LogP contribution in [0.2, 0.25) is 0 Å². The summed E-state index contributed by atoms with van der Waals surface area (Å²) < 4.78 is 12.8. The number of aryl methyl sites for hydroxylation is 1. The highest BCUT2D eigenvalue weighted by atomic mass is 16.5. The molecule has 0 N–H and O–H groups in total. The summed E-state index contributed by atoms with van der Waals surface area (Å²) in [5.74, 6) is 0.0730. The minimum absolute atomic E-state index is 0.143. The van der Waals surface area contributed by atoms with Crippen LogP contribution in [0.15, 0.2) is 39.7 Å². The van der Waals surface area contributed by atoms with Crippen molar-refractivity contribution in [3.63, 3.8) is 0 Å². The number of ether oxygens (including phenoxy) is 1. The van der Waals surface area contributed by atoms with Crippen molar-refractivity contribution >= 4 is 11.6 Å². The van der Waals surface area contributed by atoms with Gasteiger partial charge >= 0.3 is 11.7 Å². The Labute approximate surface area is 119 Å². The number of fused-ring (bicyclic) bond motifs is 1. The quantitative estimate of drug-likeness (QED) is 0.677. The Morgan fingerprint density at radius 2 is 2.24 bits per heavy atom. The summed E-state index contributed by atoms with van der Waals surface area (Å²) >= 11 is 0. The molecule has 21 heavy (non-hydrogen) atoms. The Morgan fingerprint density at radius 1 is 1.43 bits per heavy atom. The number of hydrogen-bond donors (Lipinski definition) is 0. The fourth-order valence-electron chi connectivity index (χ4n) is 2.14. The van der Waals surface area contributed by atoms with Gasteiger partial charge < -0.3 is 9.15 Å². The van der Waals surface area contributed by atoms with Gasteiger partial charge in [0, 0.05) is 11.8 Å². The third-order valence-electron chi connectivity index (χ3n) is 3.13. The fraction of sp³-hybridized carbons (Fsp3) is 0.214. The predicted molar refractivity (Wildman–Crippen MR) is 73.3 cm³/mol. The summed E-state index contributed by atoms with van der Waals surface area (Å²) in [6.45, 7) is 1.89. The smallest absolute Gasteiger partial charge is 0.374 e. The first-order valence-electron chi connectivity index (χ1n) is 6.32. The topological polar surface area (TPSA) is 78.7 Å². The highest BCUT2D eigenvalue weighted by Crippen LogP contribution is 2.16. The maximum Gasteiger partial charge on any atom is 0.374 e. The number of carbonyl (C=O) groups excluding carboxylic acids is 1. The lowest BCUT2D eigenvalue weighted by atomic mass is 10.2. The van der Waals surface area contributed by atoms with Gasteiger partial charge in [-0.2, -0.15) is 0 Å². The molecule has 0 radical (unpaired) electrons. The monoisotopic (exact) mass is 287 g/mol. The van der Waals surface area contributed by atoms with E-state index < -0.39 is 5.97 Å². The average molecular weight is 287 g/mol. The van der Waals surface area contributed by atoms with Crippen molar-refractivity contribution in [2.75, 3.05) is 7.11 Å². The average Bonchev–Trinajstić information content (AvgIpc) is 3.00. The third kappa shape index (κ3) is 2.22. The van der Waals surface area contributed by atoms with Gasteiger partial charge in [-0.3, -0.25) is 4.40 Å². The minimum Gasteiger partial charge on any atom is -0.463 e.